The molecule has 0 spiro atoms. The summed E-state index contributed by atoms with van der Waals surface area (Å²) in [5, 5.41) is 34.3. The van der Waals surface area contributed by atoms with E-state index < -0.39 is 72.6 Å². The Labute approximate surface area is 213 Å². The summed E-state index contributed by atoms with van der Waals surface area (Å²) in [5.74, 6) is -5.90. The summed E-state index contributed by atoms with van der Waals surface area (Å²) in [6, 6.07) is -5.05. The Morgan fingerprint density at radius 3 is 1.61 bits per heavy atom. The van der Waals surface area contributed by atoms with Gasteiger partial charge in [0, 0.05) is 12.8 Å². The van der Waals surface area contributed by atoms with E-state index in [1.54, 1.807) is 6.26 Å². The lowest BCUT2D eigenvalue weighted by Gasteiger charge is -2.25. The van der Waals surface area contributed by atoms with Gasteiger partial charge in [0.2, 0.25) is 17.7 Å². The van der Waals surface area contributed by atoms with Gasteiger partial charge in [0.1, 0.15) is 18.1 Å². The van der Waals surface area contributed by atoms with Crippen LogP contribution in [0.25, 0.3) is 0 Å². The molecule has 0 aromatic carbocycles. The summed E-state index contributed by atoms with van der Waals surface area (Å²) in [5.41, 5.74) is 11.2. The van der Waals surface area contributed by atoms with E-state index >= 15 is 0 Å². The number of hydrogen-bond donors (Lipinski definition) is 8. The van der Waals surface area contributed by atoms with E-state index in [1.807, 2.05) is 0 Å². The number of carbonyl (C=O) groups excluding carboxylic acids is 3. The average molecular weight is 536 g/mol. The predicted octanol–water partition coefficient (Wildman–Crippen LogP) is -1.54. The molecule has 0 aliphatic carbocycles. The molecule has 0 aromatic rings. The highest BCUT2D eigenvalue weighted by atomic mass is 32.2. The van der Waals surface area contributed by atoms with Crippen LogP contribution in [-0.4, -0.2) is 93.7 Å². The van der Waals surface area contributed by atoms with Gasteiger partial charge in [-0.1, -0.05) is 6.42 Å². The zero-order chi connectivity index (χ0) is 27.7. The average Bonchev–Trinajstić information content (AvgIpc) is 2.80. The highest BCUT2D eigenvalue weighted by molar-refractivity contribution is 7.98. The second kappa shape index (κ2) is 18.4. The van der Waals surface area contributed by atoms with Crippen LogP contribution < -0.4 is 27.4 Å². The van der Waals surface area contributed by atoms with Crippen molar-refractivity contribution in [1.82, 2.24) is 16.0 Å². The fourth-order valence-electron chi connectivity index (χ4n) is 3.03. The van der Waals surface area contributed by atoms with Gasteiger partial charge >= 0.3 is 17.9 Å². The largest absolute Gasteiger partial charge is 0.481 e. The lowest BCUT2D eigenvalue weighted by molar-refractivity contribution is -0.143. The fourth-order valence-corrected chi connectivity index (χ4v) is 3.50. The number of unbranched alkanes of at least 4 members (excludes halogenated alkanes) is 1. The van der Waals surface area contributed by atoms with Gasteiger partial charge in [0.25, 0.3) is 0 Å². The molecule has 0 saturated heterocycles. The van der Waals surface area contributed by atoms with Crippen LogP contribution in [0.4, 0.5) is 0 Å². The number of aliphatic carboxylic acids is 3. The topological polar surface area (TPSA) is 251 Å². The molecule has 0 aliphatic heterocycles. The summed E-state index contributed by atoms with van der Waals surface area (Å²) in [6.45, 7) is 0.414. The van der Waals surface area contributed by atoms with E-state index in [1.165, 1.54) is 11.8 Å². The van der Waals surface area contributed by atoms with Gasteiger partial charge in [0.15, 0.2) is 0 Å². The Morgan fingerprint density at radius 2 is 1.19 bits per heavy atom. The molecule has 15 heteroatoms. The zero-order valence-electron chi connectivity index (χ0n) is 20.2. The van der Waals surface area contributed by atoms with Crippen LogP contribution in [0.1, 0.15) is 51.4 Å². The molecule has 0 rings (SSSR count). The Hall–Kier alpha value is -2.91. The number of amides is 3. The van der Waals surface area contributed by atoms with Gasteiger partial charge in [-0.3, -0.25) is 24.0 Å². The fraction of sp³-hybridized carbons (Fsp3) is 0.714. The van der Waals surface area contributed by atoms with Gasteiger partial charge in [-0.2, -0.15) is 11.8 Å². The van der Waals surface area contributed by atoms with Crippen LogP contribution in [0.2, 0.25) is 0 Å². The Morgan fingerprint density at radius 1 is 0.722 bits per heavy atom. The van der Waals surface area contributed by atoms with Crippen LogP contribution >= 0.6 is 11.8 Å². The van der Waals surface area contributed by atoms with Gasteiger partial charge in [0.05, 0.1) is 6.04 Å². The van der Waals surface area contributed by atoms with Gasteiger partial charge in [-0.05, 0) is 50.7 Å². The third kappa shape index (κ3) is 14.5. The number of nitrogens with two attached hydrogens (primary N) is 2. The first-order chi connectivity index (χ1) is 16.9. The molecule has 0 saturated carbocycles. The Balaban J connectivity index is 5.54. The lowest BCUT2D eigenvalue weighted by atomic mass is 10.1. The van der Waals surface area contributed by atoms with Crippen molar-refractivity contribution in [3.05, 3.63) is 0 Å². The molecule has 0 heterocycles. The molecule has 206 valence electrons. The minimum atomic E-state index is -1.44. The minimum Gasteiger partial charge on any atom is -0.481 e. The molecule has 4 unspecified atom stereocenters. The third-order valence-corrected chi connectivity index (χ3v) is 5.73. The first kappa shape index (κ1) is 33.1. The molecule has 0 aromatic heterocycles. The summed E-state index contributed by atoms with van der Waals surface area (Å²) >= 11 is 1.37. The van der Waals surface area contributed by atoms with E-state index in [0.29, 0.717) is 25.1 Å². The maximum absolute atomic E-state index is 12.9. The van der Waals surface area contributed by atoms with Gasteiger partial charge in [-0.25, -0.2) is 4.79 Å². The molecule has 14 nitrogen and oxygen atoms in total. The van der Waals surface area contributed by atoms with E-state index in [9.17, 15) is 33.9 Å². The molecule has 0 radical (unpaired) electrons. The number of carboxylic acids is 3. The van der Waals surface area contributed by atoms with Crippen molar-refractivity contribution in [2.24, 2.45) is 11.5 Å². The normalized spacial score (nSPS) is 14.1. The first-order valence-electron chi connectivity index (χ1n) is 11.4. The number of carbonyl (C=O) groups is 6. The summed E-state index contributed by atoms with van der Waals surface area (Å²) in [7, 11) is 0. The van der Waals surface area contributed by atoms with E-state index in [-0.39, 0.29) is 25.7 Å². The second-order valence-electron chi connectivity index (χ2n) is 8.06. The molecule has 36 heavy (non-hydrogen) atoms. The number of nitrogens with one attached hydrogen (secondary N) is 3. The van der Waals surface area contributed by atoms with Crippen molar-refractivity contribution < 1.29 is 44.1 Å². The number of thioether (sulfide) groups is 1. The first-order valence-corrected chi connectivity index (χ1v) is 12.8. The molecular formula is C21H37N5O9S. The highest BCUT2D eigenvalue weighted by Crippen LogP contribution is 2.07. The monoisotopic (exact) mass is 535 g/mol. The third-order valence-electron chi connectivity index (χ3n) is 5.09. The van der Waals surface area contributed by atoms with Crippen LogP contribution in [0.3, 0.4) is 0 Å². The molecule has 0 fully saturated rings. The quantitative estimate of drug-likeness (QED) is 0.0826. The number of carboxylic acid groups (broad SMARTS) is 3. The predicted molar refractivity (Wildman–Crippen MR) is 131 cm³/mol. The Kier molecular flexibility index (Phi) is 16.9. The van der Waals surface area contributed by atoms with Gasteiger partial charge in [-0.15, -0.1) is 0 Å². The SMILES string of the molecule is CSCCC(NC(=O)C(CCC(=O)O)NC(=O)C(CCC(=O)O)NC(=O)C(N)CCCCN)C(=O)O. The second-order valence-corrected chi connectivity index (χ2v) is 9.04. The molecule has 4 atom stereocenters. The molecule has 3 amide bonds. The molecule has 0 bridgehead atoms. The van der Waals surface area contributed by atoms with Crippen molar-refractivity contribution in [3.63, 3.8) is 0 Å². The summed E-state index contributed by atoms with van der Waals surface area (Å²) < 4.78 is 0. The standard InChI is InChI=1S/C21H37N5O9S/c1-36-11-9-15(21(34)35)26-20(33)14(6-8-17(29)30)25-19(32)13(5-7-16(27)28)24-18(31)12(23)4-2-3-10-22/h12-15H,2-11,22-23H2,1H3,(H,24,31)(H,25,32)(H,26,33)(H,27,28)(H,29,30)(H,34,35). The van der Waals surface area contributed by atoms with E-state index in [4.69, 9.17) is 21.7 Å². The minimum absolute atomic E-state index is 0.0984. The molecule has 10 N–H and O–H groups in total. The zero-order valence-corrected chi connectivity index (χ0v) is 21.1. The maximum atomic E-state index is 12.9. The molecule has 0 aliphatic rings. The van der Waals surface area contributed by atoms with Crippen molar-refractivity contribution in [1.29, 1.82) is 0 Å². The van der Waals surface area contributed by atoms with Crippen molar-refractivity contribution >= 4 is 47.4 Å². The van der Waals surface area contributed by atoms with Crippen LogP contribution in [0.15, 0.2) is 0 Å². The van der Waals surface area contributed by atoms with E-state index in [2.05, 4.69) is 16.0 Å². The number of rotatable bonds is 20. The highest BCUT2D eigenvalue weighted by Gasteiger charge is 2.30. The number of hydrogen-bond acceptors (Lipinski definition) is 9. The lowest BCUT2D eigenvalue weighted by Crippen LogP contribution is -2.57. The van der Waals surface area contributed by atoms with Crippen molar-refractivity contribution in [3.8, 4) is 0 Å². The van der Waals surface area contributed by atoms with Gasteiger partial charge < -0.3 is 42.7 Å². The smallest absolute Gasteiger partial charge is 0.326 e. The van der Waals surface area contributed by atoms with Crippen molar-refractivity contribution in [2.75, 3.05) is 18.6 Å². The molecular weight excluding hydrogens is 498 g/mol. The van der Waals surface area contributed by atoms with E-state index in [0.717, 1.165) is 0 Å². The summed E-state index contributed by atoms with van der Waals surface area (Å²) in [4.78, 5) is 71.6. The van der Waals surface area contributed by atoms with Crippen molar-refractivity contribution in [2.45, 2.75) is 75.5 Å². The van der Waals surface area contributed by atoms with Crippen LogP contribution in [-0.2, 0) is 28.8 Å². The van der Waals surface area contributed by atoms with Crippen LogP contribution in [0.5, 0.6) is 0 Å². The Bertz CT molecular complexity index is 768. The van der Waals surface area contributed by atoms with Crippen LogP contribution in [0, 0.1) is 0 Å². The summed E-state index contributed by atoms with van der Waals surface area (Å²) in [6.07, 6.45) is 1.66. The maximum Gasteiger partial charge on any atom is 0.326 e.